The molecule has 6 N–H and O–H groups in total. The van der Waals surface area contributed by atoms with Crippen LogP contribution in [0, 0.1) is 0 Å². The molecule has 1 aromatic carbocycles. The van der Waals surface area contributed by atoms with Crippen LogP contribution in [0.3, 0.4) is 0 Å². The molecule has 21 heavy (non-hydrogen) atoms. The molecule has 116 valence electrons. The first-order valence-electron chi connectivity index (χ1n) is 6.52. The molecule has 1 aromatic rings. The van der Waals surface area contributed by atoms with Crippen molar-refractivity contribution in [2.24, 2.45) is 0 Å². The first-order chi connectivity index (χ1) is 9.93. The number of carbonyl (C=O) groups is 2. The van der Waals surface area contributed by atoms with Crippen LogP contribution in [0.15, 0.2) is 18.2 Å². The summed E-state index contributed by atoms with van der Waals surface area (Å²) in [4.78, 5) is 22.9. The van der Waals surface area contributed by atoms with Crippen LogP contribution in [-0.2, 0) is 9.59 Å². The number of carbonyl (C=O) groups excluding carboxylic acids is 2. The molecule has 0 aliphatic heterocycles. The summed E-state index contributed by atoms with van der Waals surface area (Å²) >= 11 is 11.7. The monoisotopic (exact) mass is 334 g/mol. The number of nitrogens with one attached hydrogen (secondary N) is 1. The Labute approximate surface area is 132 Å². The van der Waals surface area contributed by atoms with Crippen molar-refractivity contribution >= 4 is 40.8 Å². The number of hydrogen-bond acceptors (Lipinski definition) is 3. The molecule has 0 heterocycles. The van der Waals surface area contributed by atoms with E-state index in [1.807, 2.05) is 0 Å². The number of halogens is 2. The quantitative estimate of drug-likeness (QED) is 0.510. The van der Waals surface area contributed by atoms with Crippen molar-refractivity contribution in [1.82, 2.24) is 0 Å². The highest BCUT2D eigenvalue weighted by molar-refractivity contribution is 6.35. The molecule has 1 amide bonds. The molecule has 0 spiro atoms. The smallest absolute Gasteiger partial charge is 0.230 e. The van der Waals surface area contributed by atoms with Gasteiger partial charge in [0.2, 0.25) is 5.91 Å². The van der Waals surface area contributed by atoms with Gasteiger partial charge in [0.25, 0.3) is 0 Å². The lowest BCUT2D eigenvalue weighted by Gasteiger charge is -2.16. The van der Waals surface area contributed by atoms with Gasteiger partial charge in [0.15, 0.2) is 0 Å². The Kier molecular flexibility index (Phi) is 7.45. The molecule has 0 fully saturated rings. The summed E-state index contributed by atoms with van der Waals surface area (Å²) in [6.45, 7) is 1.29. The van der Waals surface area contributed by atoms with Crippen LogP contribution in [0.1, 0.15) is 12.8 Å². The average molecular weight is 335 g/mol. The summed E-state index contributed by atoms with van der Waals surface area (Å²) in [5, 5.41) is 15.9. The first-order valence-corrected chi connectivity index (χ1v) is 7.28. The summed E-state index contributed by atoms with van der Waals surface area (Å²) in [5.41, 5.74) is 4.02. The zero-order valence-electron chi connectivity index (χ0n) is 11.4. The number of carboxylic acids is 1. The second-order valence-corrected chi connectivity index (χ2v) is 5.38. The maximum absolute atomic E-state index is 11.9. The van der Waals surface area contributed by atoms with E-state index >= 15 is 0 Å². The minimum atomic E-state index is -1.27. The van der Waals surface area contributed by atoms with Gasteiger partial charge in [0.05, 0.1) is 36.2 Å². The SMILES string of the molecule is [NH3+]CCC[NH2+][C@@H](CC(=O)Nc1cc(Cl)ccc1Cl)C(=O)[O-]. The summed E-state index contributed by atoms with van der Waals surface area (Å²) in [7, 11) is 0. The van der Waals surface area contributed by atoms with Crippen molar-refractivity contribution in [3.63, 3.8) is 0 Å². The molecule has 0 aromatic heterocycles. The van der Waals surface area contributed by atoms with E-state index in [4.69, 9.17) is 23.2 Å². The number of amides is 1. The highest BCUT2D eigenvalue weighted by Crippen LogP contribution is 2.25. The third kappa shape index (κ3) is 6.31. The number of anilines is 1. The molecule has 1 atom stereocenters. The molecule has 0 aliphatic carbocycles. The van der Waals surface area contributed by atoms with Gasteiger partial charge >= 0.3 is 0 Å². The fraction of sp³-hybridized carbons (Fsp3) is 0.385. The van der Waals surface area contributed by atoms with Gasteiger partial charge in [-0.05, 0) is 18.2 Å². The second kappa shape index (κ2) is 8.84. The molecular formula is C13H18Cl2N3O3+. The van der Waals surface area contributed by atoms with Crippen LogP contribution < -0.4 is 21.5 Å². The van der Waals surface area contributed by atoms with E-state index in [-0.39, 0.29) is 6.42 Å². The molecule has 0 aliphatic rings. The highest BCUT2D eigenvalue weighted by atomic mass is 35.5. The van der Waals surface area contributed by atoms with E-state index in [9.17, 15) is 14.7 Å². The largest absolute Gasteiger partial charge is 0.544 e. The number of carboxylic acid groups (broad SMARTS) is 1. The van der Waals surface area contributed by atoms with Crippen molar-refractivity contribution in [2.75, 3.05) is 18.4 Å². The number of benzene rings is 1. The third-order valence-corrected chi connectivity index (χ3v) is 3.38. The Morgan fingerprint density at radius 3 is 2.71 bits per heavy atom. The van der Waals surface area contributed by atoms with Crippen molar-refractivity contribution in [3.05, 3.63) is 28.2 Å². The zero-order valence-corrected chi connectivity index (χ0v) is 12.9. The number of hydrogen-bond donors (Lipinski definition) is 3. The molecule has 0 bridgehead atoms. The summed E-state index contributed by atoms with van der Waals surface area (Å²) in [6.07, 6.45) is 0.563. The molecule has 0 saturated carbocycles. The van der Waals surface area contributed by atoms with Crippen LogP contribution >= 0.6 is 23.2 Å². The maximum Gasteiger partial charge on any atom is 0.230 e. The molecule has 1 rings (SSSR count). The normalized spacial score (nSPS) is 12.0. The van der Waals surface area contributed by atoms with Crippen LogP contribution in [0.2, 0.25) is 10.0 Å². The number of rotatable bonds is 8. The van der Waals surface area contributed by atoms with Gasteiger partial charge < -0.3 is 26.3 Å². The summed E-state index contributed by atoms with van der Waals surface area (Å²) < 4.78 is 0. The standard InChI is InChI=1S/C13H17Cl2N3O3/c14-8-2-3-9(15)10(6-8)18-12(19)7-11(13(20)21)17-5-1-4-16/h2-3,6,11,17H,1,4-5,7,16H2,(H,18,19)(H,20,21)/p+1/t11-/m0/s1. The predicted octanol–water partition coefficient (Wildman–Crippen LogP) is -1.36. The average Bonchev–Trinajstić information content (AvgIpc) is 2.42. The predicted molar refractivity (Wildman–Crippen MR) is 77.7 cm³/mol. The molecular weight excluding hydrogens is 317 g/mol. The van der Waals surface area contributed by atoms with Crippen LogP contribution in [-0.4, -0.2) is 31.0 Å². The van der Waals surface area contributed by atoms with Crippen LogP contribution in [0.4, 0.5) is 5.69 Å². The van der Waals surface area contributed by atoms with E-state index in [1.165, 1.54) is 6.07 Å². The number of quaternary nitrogens is 2. The second-order valence-electron chi connectivity index (χ2n) is 4.53. The topological polar surface area (TPSA) is 113 Å². The van der Waals surface area contributed by atoms with Crippen molar-refractivity contribution in [2.45, 2.75) is 18.9 Å². The third-order valence-electron chi connectivity index (χ3n) is 2.82. The zero-order chi connectivity index (χ0) is 15.8. The van der Waals surface area contributed by atoms with Gasteiger partial charge in [-0.15, -0.1) is 0 Å². The van der Waals surface area contributed by atoms with Crippen molar-refractivity contribution < 1.29 is 25.7 Å². The van der Waals surface area contributed by atoms with Crippen LogP contribution in [0.25, 0.3) is 0 Å². The van der Waals surface area contributed by atoms with Gasteiger partial charge in [0, 0.05) is 11.4 Å². The fourth-order valence-electron chi connectivity index (χ4n) is 1.72. The Hall–Kier alpha value is -1.34. The van der Waals surface area contributed by atoms with E-state index in [0.717, 1.165) is 6.42 Å². The van der Waals surface area contributed by atoms with E-state index in [1.54, 1.807) is 17.4 Å². The molecule has 0 saturated heterocycles. The lowest BCUT2D eigenvalue weighted by Crippen LogP contribution is -2.93. The Morgan fingerprint density at radius 1 is 1.38 bits per heavy atom. The van der Waals surface area contributed by atoms with Crippen molar-refractivity contribution in [1.29, 1.82) is 0 Å². The van der Waals surface area contributed by atoms with Gasteiger partial charge in [-0.1, -0.05) is 23.2 Å². The minimum absolute atomic E-state index is 0.206. The van der Waals surface area contributed by atoms with Gasteiger partial charge in [0.1, 0.15) is 6.04 Å². The van der Waals surface area contributed by atoms with Crippen molar-refractivity contribution in [3.8, 4) is 0 Å². The number of nitrogens with two attached hydrogens (primary N) is 1. The molecule has 0 unspecified atom stereocenters. The Bertz CT molecular complexity index is 511. The molecule has 6 nitrogen and oxygen atoms in total. The minimum Gasteiger partial charge on any atom is -0.544 e. The van der Waals surface area contributed by atoms with E-state index < -0.39 is 17.9 Å². The maximum atomic E-state index is 11.9. The Balaban J connectivity index is 2.61. The van der Waals surface area contributed by atoms with Gasteiger partial charge in [-0.2, -0.15) is 0 Å². The highest BCUT2D eigenvalue weighted by Gasteiger charge is 2.18. The summed E-state index contributed by atoms with van der Waals surface area (Å²) in [6, 6.07) is 3.71. The lowest BCUT2D eigenvalue weighted by atomic mass is 10.2. The summed E-state index contributed by atoms with van der Waals surface area (Å²) in [5.74, 6) is -1.73. The van der Waals surface area contributed by atoms with E-state index in [0.29, 0.717) is 28.8 Å². The molecule has 0 radical (unpaired) electrons. The fourth-order valence-corrected chi connectivity index (χ4v) is 2.06. The molecule has 8 heteroatoms. The first kappa shape index (κ1) is 17.7. The number of aliphatic carboxylic acids is 1. The van der Waals surface area contributed by atoms with Crippen LogP contribution in [0.5, 0.6) is 0 Å². The van der Waals surface area contributed by atoms with Gasteiger partial charge in [-0.25, -0.2) is 0 Å². The lowest BCUT2D eigenvalue weighted by molar-refractivity contribution is -0.684. The van der Waals surface area contributed by atoms with Gasteiger partial charge in [-0.3, -0.25) is 4.79 Å². The Morgan fingerprint density at radius 2 is 2.10 bits per heavy atom. The van der Waals surface area contributed by atoms with E-state index in [2.05, 4.69) is 11.1 Å².